The molecule has 0 aromatic heterocycles. The van der Waals surface area contributed by atoms with Crippen molar-refractivity contribution in [3.05, 3.63) is 29.3 Å². The Balaban J connectivity index is 2.03. The van der Waals surface area contributed by atoms with Crippen LogP contribution in [0.2, 0.25) is 0 Å². The SMILES string of the molecule is Cc1cc(B2OC(C)(C)C(C)(C)O2)ccc1CNC(=O)OC(C)(C)C. The average Bonchev–Trinajstić information content (AvgIpc) is 2.64. The summed E-state index contributed by atoms with van der Waals surface area (Å²) in [5.74, 6) is 0. The van der Waals surface area contributed by atoms with E-state index in [1.165, 1.54) is 0 Å². The number of aryl methyl sites for hydroxylation is 1. The summed E-state index contributed by atoms with van der Waals surface area (Å²) >= 11 is 0. The Hall–Kier alpha value is -1.53. The van der Waals surface area contributed by atoms with Crippen LogP contribution in [0, 0.1) is 6.92 Å². The smallest absolute Gasteiger partial charge is 0.444 e. The molecule has 0 bridgehead atoms. The molecule has 2 rings (SSSR count). The minimum absolute atomic E-state index is 0.359. The third kappa shape index (κ3) is 4.76. The van der Waals surface area contributed by atoms with Gasteiger partial charge in [-0.15, -0.1) is 0 Å². The molecule has 6 heteroatoms. The summed E-state index contributed by atoms with van der Waals surface area (Å²) in [5, 5.41) is 2.79. The Bertz CT molecular complexity index is 633. The molecule has 1 aliphatic rings. The second-order valence-corrected chi connectivity index (χ2v) is 8.63. The average molecular weight is 347 g/mol. The fraction of sp³-hybridized carbons (Fsp3) is 0.632. The number of benzene rings is 1. The van der Waals surface area contributed by atoms with Gasteiger partial charge in [0, 0.05) is 6.54 Å². The molecule has 25 heavy (non-hydrogen) atoms. The van der Waals surface area contributed by atoms with E-state index in [1.807, 2.05) is 73.6 Å². The van der Waals surface area contributed by atoms with Crippen molar-refractivity contribution in [1.29, 1.82) is 0 Å². The predicted molar refractivity (Wildman–Crippen MR) is 100.0 cm³/mol. The largest absolute Gasteiger partial charge is 0.494 e. The lowest BCUT2D eigenvalue weighted by atomic mass is 9.78. The van der Waals surface area contributed by atoms with Crippen LogP contribution in [0.25, 0.3) is 0 Å². The van der Waals surface area contributed by atoms with Crippen LogP contribution in [0.3, 0.4) is 0 Å². The normalized spacial score (nSPS) is 19.0. The number of rotatable bonds is 3. The number of hydrogen-bond acceptors (Lipinski definition) is 4. The van der Waals surface area contributed by atoms with E-state index >= 15 is 0 Å². The van der Waals surface area contributed by atoms with Gasteiger partial charge in [-0.25, -0.2) is 4.79 Å². The molecule has 1 N–H and O–H groups in total. The van der Waals surface area contributed by atoms with E-state index in [0.29, 0.717) is 6.54 Å². The topological polar surface area (TPSA) is 56.8 Å². The number of alkyl carbamates (subject to hydrolysis) is 1. The van der Waals surface area contributed by atoms with Crippen LogP contribution in [-0.2, 0) is 20.6 Å². The van der Waals surface area contributed by atoms with Gasteiger partial charge in [-0.2, -0.15) is 0 Å². The van der Waals surface area contributed by atoms with Crippen LogP contribution < -0.4 is 10.8 Å². The van der Waals surface area contributed by atoms with E-state index in [-0.39, 0.29) is 18.3 Å². The highest BCUT2D eigenvalue weighted by Crippen LogP contribution is 2.36. The second-order valence-electron chi connectivity index (χ2n) is 8.63. The first-order chi connectivity index (χ1) is 11.3. The Morgan fingerprint density at radius 1 is 1.16 bits per heavy atom. The molecule has 0 aliphatic carbocycles. The lowest BCUT2D eigenvalue weighted by molar-refractivity contribution is 0.00578. The molecule has 1 aromatic rings. The number of amides is 1. The van der Waals surface area contributed by atoms with Crippen LogP contribution in [0.4, 0.5) is 4.79 Å². The zero-order valence-corrected chi connectivity index (χ0v) is 16.6. The van der Waals surface area contributed by atoms with Gasteiger partial charge < -0.3 is 19.4 Å². The maximum atomic E-state index is 11.8. The highest BCUT2D eigenvalue weighted by molar-refractivity contribution is 6.62. The molecule has 0 atom stereocenters. The van der Waals surface area contributed by atoms with Gasteiger partial charge in [0.1, 0.15) is 5.60 Å². The quantitative estimate of drug-likeness (QED) is 0.853. The molecule has 1 aromatic carbocycles. The highest BCUT2D eigenvalue weighted by atomic mass is 16.7. The minimum atomic E-state index is -0.500. The van der Waals surface area contributed by atoms with Crippen molar-refractivity contribution in [3.63, 3.8) is 0 Å². The van der Waals surface area contributed by atoms with Crippen molar-refractivity contribution in [3.8, 4) is 0 Å². The fourth-order valence-electron chi connectivity index (χ4n) is 2.52. The molecule has 0 spiro atoms. The molecule has 1 heterocycles. The van der Waals surface area contributed by atoms with Gasteiger partial charge in [0.2, 0.25) is 0 Å². The maximum absolute atomic E-state index is 11.8. The van der Waals surface area contributed by atoms with Gasteiger partial charge in [-0.05, 0) is 72.0 Å². The lowest BCUT2D eigenvalue weighted by Gasteiger charge is -2.32. The third-order valence-corrected chi connectivity index (χ3v) is 4.71. The Labute approximate surface area is 151 Å². The highest BCUT2D eigenvalue weighted by Gasteiger charge is 2.51. The number of ether oxygens (including phenoxy) is 1. The van der Waals surface area contributed by atoms with Crippen molar-refractivity contribution in [2.24, 2.45) is 0 Å². The molecule has 138 valence electrons. The molecule has 1 aliphatic heterocycles. The van der Waals surface area contributed by atoms with Crippen LogP contribution >= 0.6 is 0 Å². The van der Waals surface area contributed by atoms with Crippen molar-refractivity contribution >= 4 is 18.7 Å². The van der Waals surface area contributed by atoms with E-state index in [1.54, 1.807) is 0 Å². The monoisotopic (exact) mass is 347 g/mol. The molecule has 5 nitrogen and oxygen atoms in total. The molecule has 0 saturated carbocycles. The van der Waals surface area contributed by atoms with Gasteiger partial charge >= 0.3 is 13.2 Å². The van der Waals surface area contributed by atoms with E-state index in [9.17, 15) is 4.79 Å². The van der Waals surface area contributed by atoms with Gasteiger partial charge in [-0.1, -0.05) is 18.2 Å². The maximum Gasteiger partial charge on any atom is 0.494 e. The van der Waals surface area contributed by atoms with Crippen LogP contribution in [0.1, 0.15) is 59.6 Å². The number of hydrogen-bond donors (Lipinski definition) is 1. The first-order valence-corrected chi connectivity index (χ1v) is 8.73. The second kappa shape index (κ2) is 6.65. The number of carbonyl (C=O) groups excluding carboxylic acids is 1. The van der Waals surface area contributed by atoms with Gasteiger partial charge in [-0.3, -0.25) is 0 Å². The molecule has 1 amide bonds. The lowest BCUT2D eigenvalue weighted by Crippen LogP contribution is -2.41. The van der Waals surface area contributed by atoms with E-state index in [2.05, 4.69) is 5.32 Å². The molecule has 1 fully saturated rings. The van der Waals surface area contributed by atoms with E-state index in [0.717, 1.165) is 16.6 Å². The van der Waals surface area contributed by atoms with Crippen molar-refractivity contribution in [2.45, 2.75) is 78.7 Å². The fourth-order valence-corrected chi connectivity index (χ4v) is 2.52. The van der Waals surface area contributed by atoms with E-state index < -0.39 is 11.7 Å². The zero-order chi connectivity index (χ0) is 19.0. The molecular weight excluding hydrogens is 317 g/mol. The molecule has 0 radical (unpaired) electrons. The van der Waals surface area contributed by atoms with Gasteiger partial charge in [0.05, 0.1) is 11.2 Å². The van der Waals surface area contributed by atoms with Crippen molar-refractivity contribution < 1.29 is 18.8 Å². The summed E-state index contributed by atoms with van der Waals surface area (Å²) < 4.78 is 17.4. The van der Waals surface area contributed by atoms with Crippen molar-refractivity contribution in [1.82, 2.24) is 5.32 Å². The van der Waals surface area contributed by atoms with E-state index in [4.69, 9.17) is 14.0 Å². The summed E-state index contributed by atoms with van der Waals surface area (Å²) in [6, 6.07) is 6.03. The molecule has 0 unspecified atom stereocenters. The number of nitrogens with one attached hydrogen (secondary N) is 1. The van der Waals surface area contributed by atoms with Crippen LogP contribution in [0.15, 0.2) is 18.2 Å². The Morgan fingerprint density at radius 3 is 2.20 bits per heavy atom. The molecule has 1 saturated heterocycles. The molecular formula is C19H30BNO4. The summed E-state index contributed by atoms with van der Waals surface area (Å²) in [4.78, 5) is 11.8. The van der Waals surface area contributed by atoms with Crippen LogP contribution in [-0.4, -0.2) is 30.0 Å². The summed E-state index contributed by atoms with van der Waals surface area (Å²) in [7, 11) is -0.378. The van der Waals surface area contributed by atoms with Crippen LogP contribution in [0.5, 0.6) is 0 Å². The standard InChI is InChI=1S/C19H30BNO4/c1-13-11-15(20-24-18(5,6)19(7,8)25-20)10-9-14(13)12-21-16(22)23-17(2,3)4/h9-11H,12H2,1-8H3,(H,21,22). The van der Waals surface area contributed by atoms with Gasteiger partial charge in [0.25, 0.3) is 0 Å². The summed E-state index contributed by atoms with van der Waals surface area (Å²) in [6.45, 7) is 16.1. The number of carbonyl (C=O) groups is 1. The Morgan fingerprint density at radius 2 is 1.72 bits per heavy atom. The van der Waals surface area contributed by atoms with Gasteiger partial charge in [0.15, 0.2) is 0 Å². The zero-order valence-electron chi connectivity index (χ0n) is 16.6. The first kappa shape index (κ1) is 19.8. The minimum Gasteiger partial charge on any atom is -0.444 e. The summed E-state index contributed by atoms with van der Waals surface area (Å²) in [6.07, 6.45) is -0.415. The first-order valence-electron chi connectivity index (χ1n) is 8.73. The summed E-state index contributed by atoms with van der Waals surface area (Å²) in [5.41, 5.74) is 1.87. The Kier molecular flexibility index (Phi) is 5.27. The third-order valence-electron chi connectivity index (χ3n) is 4.71. The predicted octanol–water partition coefficient (Wildman–Crippen LogP) is 3.32. The van der Waals surface area contributed by atoms with Crippen molar-refractivity contribution in [2.75, 3.05) is 0 Å².